The summed E-state index contributed by atoms with van der Waals surface area (Å²) in [6.07, 6.45) is 4.21. The molecule has 1 aliphatic heterocycles. The van der Waals surface area contributed by atoms with Crippen LogP contribution in [0.3, 0.4) is 0 Å². The number of halogens is 1. The van der Waals surface area contributed by atoms with Gasteiger partial charge in [0, 0.05) is 26.2 Å². The molecule has 1 aromatic rings. The van der Waals surface area contributed by atoms with E-state index in [1.54, 1.807) is 4.90 Å². The van der Waals surface area contributed by atoms with Gasteiger partial charge in [-0.2, -0.15) is 0 Å². The Bertz CT molecular complexity index is 503. The van der Waals surface area contributed by atoms with Gasteiger partial charge < -0.3 is 10.0 Å². The molecule has 1 aliphatic rings. The first-order chi connectivity index (χ1) is 10.2. The van der Waals surface area contributed by atoms with Gasteiger partial charge in [0.1, 0.15) is 0 Å². The van der Waals surface area contributed by atoms with Crippen molar-refractivity contribution >= 4 is 29.3 Å². The number of aliphatic hydroxyl groups is 1. The van der Waals surface area contributed by atoms with Crippen LogP contribution in [-0.4, -0.2) is 76.4 Å². The number of aliphatic hydroxyl groups excluding tert-OH is 1. The molecule has 0 atom stereocenters. The second kappa shape index (κ2) is 7.93. The quantitative estimate of drug-likeness (QED) is 0.656. The van der Waals surface area contributed by atoms with Gasteiger partial charge in [0.2, 0.25) is 0 Å². The van der Waals surface area contributed by atoms with Crippen molar-refractivity contribution in [2.24, 2.45) is 0 Å². The van der Waals surface area contributed by atoms with Crippen molar-refractivity contribution in [2.75, 3.05) is 45.6 Å². The molecule has 2 rings (SSSR count). The largest absolute Gasteiger partial charge is 0.395 e. The lowest BCUT2D eigenvalue weighted by molar-refractivity contribution is 0.0753. The fraction of sp³-hybridized carbons (Fsp3) is 0.615. The molecule has 0 aromatic carbocycles. The lowest BCUT2D eigenvalue weighted by Gasteiger charge is -2.21. The number of carbonyl (C=O) groups excluding carboxylic acids is 1. The topological polar surface area (TPSA) is 69.6 Å². The molecule has 1 amide bonds. The Balaban J connectivity index is 2.09. The van der Waals surface area contributed by atoms with Crippen molar-refractivity contribution in [1.29, 1.82) is 0 Å². The second-order valence-electron chi connectivity index (χ2n) is 4.76. The molecule has 1 aromatic heterocycles. The maximum Gasteiger partial charge on any atom is 0.274 e. The molecule has 1 fully saturated rings. The normalized spacial score (nSPS) is 16.8. The van der Waals surface area contributed by atoms with Crippen molar-refractivity contribution in [3.8, 4) is 0 Å². The van der Waals surface area contributed by atoms with Crippen LogP contribution in [0.4, 0.5) is 0 Å². The highest BCUT2D eigenvalue weighted by atomic mass is 35.5. The molecule has 0 aliphatic carbocycles. The van der Waals surface area contributed by atoms with E-state index in [1.165, 1.54) is 18.0 Å². The molecule has 0 spiro atoms. The zero-order valence-corrected chi connectivity index (χ0v) is 13.5. The lowest BCUT2D eigenvalue weighted by Crippen LogP contribution is -2.36. The second-order valence-corrected chi connectivity index (χ2v) is 5.94. The van der Waals surface area contributed by atoms with Gasteiger partial charge in [-0.15, -0.1) is 0 Å². The lowest BCUT2D eigenvalue weighted by atomic mass is 10.3. The summed E-state index contributed by atoms with van der Waals surface area (Å²) < 4.78 is 0. The van der Waals surface area contributed by atoms with Crippen LogP contribution in [0.15, 0.2) is 11.4 Å². The van der Waals surface area contributed by atoms with E-state index in [9.17, 15) is 4.79 Å². The number of carbonyl (C=O) groups is 1. The molecule has 0 saturated carbocycles. The summed E-state index contributed by atoms with van der Waals surface area (Å²) >= 11 is 7.44. The number of β-amino-alcohol motifs (C(OH)–C–C–N with tert-alkyl or cyclic N) is 1. The molecule has 1 saturated heterocycles. The number of hydrogen-bond donors (Lipinski definition) is 1. The van der Waals surface area contributed by atoms with Crippen LogP contribution in [0, 0.1) is 0 Å². The molecule has 0 radical (unpaired) electrons. The van der Waals surface area contributed by atoms with E-state index in [0.29, 0.717) is 24.8 Å². The first-order valence-corrected chi connectivity index (χ1v) is 8.45. The van der Waals surface area contributed by atoms with Crippen molar-refractivity contribution in [3.05, 3.63) is 16.9 Å². The van der Waals surface area contributed by atoms with Crippen molar-refractivity contribution in [1.82, 2.24) is 19.8 Å². The van der Waals surface area contributed by atoms with Crippen LogP contribution >= 0.6 is 23.4 Å². The van der Waals surface area contributed by atoms with E-state index in [0.717, 1.165) is 19.5 Å². The Morgan fingerprint density at radius 2 is 2.24 bits per heavy atom. The Morgan fingerprint density at radius 3 is 2.95 bits per heavy atom. The summed E-state index contributed by atoms with van der Waals surface area (Å²) in [7, 11) is 0. The van der Waals surface area contributed by atoms with Gasteiger partial charge >= 0.3 is 0 Å². The van der Waals surface area contributed by atoms with Gasteiger partial charge in [0.25, 0.3) is 5.91 Å². The number of hydrogen-bond acceptors (Lipinski definition) is 6. The molecular weight excluding hydrogens is 312 g/mol. The van der Waals surface area contributed by atoms with Crippen molar-refractivity contribution in [2.45, 2.75) is 11.6 Å². The average molecular weight is 331 g/mol. The minimum absolute atomic E-state index is 0.142. The summed E-state index contributed by atoms with van der Waals surface area (Å²) in [5.74, 6) is -0.149. The van der Waals surface area contributed by atoms with E-state index in [1.807, 2.05) is 6.26 Å². The van der Waals surface area contributed by atoms with Crippen molar-refractivity contribution < 1.29 is 9.90 Å². The third kappa shape index (κ3) is 4.29. The van der Waals surface area contributed by atoms with Gasteiger partial charge in [-0.3, -0.25) is 9.69 Å². The SMILES string of the molecule is CSc1ncc(Cl)c(C(=O)N2CCCN(CCO)CC2)n1. The van der Waals surface area contributed by atoms with Gasteiger partial charge in [0.05, 0.1) is 17.8 Å². The first kappa shape index (κ1) is 16.5. The summed E-state index contributed by atoms with van der Waals surface area (Å²) in [5.41, 5.74) is 0.270. The van der Waals surface area contributed by atoms with Crippen LogP contribution in [0.2, 0.25) is 5.02 Å². The predicted octanol–water partition coefficient (Wildman–Crippen LogP) is 0.992. The molecule has 8 heteroatoms. The Kier molecular flexibility index (Phi) is 6.22. The maximum absolute atomic E-state index is 12.6. The van der Waals surface area contributed by atoms with E-state index >= 15 is 0 Å². The third-order valence-electron chi connectivity index (χ3n) is 3.40. The average Bonchev–Trinajstić information content (AvgIpc) is 2.73. The van der Waals surface area contributed by atoms with Gasteiger partial charge in [-0.05, 0) is 19.2 Å². The molecule has 0 unspecified atom stereocenters. The number of thioether (sulfide) groups is 1. The number of aromatic nitrogens is 2. The molecule has 0 bridgehead atoms. The summed E-state index contributed by atoms with van der Waals surface area (Å²) in [6.45, 7) is 3.72. The fourth-order valence-electron chi connectivity index (χ4n) is 2.29. The van der Waals surface area contributed by atoms with E-state index < -0.39 is 0 Å². The number of amides is 1. The van der Waals surface area contributed by atoms with Crippen LogP contribution in [0.1, 0.15) is 16.9 Å². The summed E-state index contributed by atoms with van der Waals surface area (Å²) in [4.78, 5) is 24.8. The minimum Gasteiger partial charge on any atom is -0.395 e. The first-order valence-electron chi connectivity index (χ1n) is 6.84. The van der Waals surface area contributed by atoms with Crippen LogP contribution in [0.25, 0.3) is 0 Å². The van der Waals surface area contributed by atoms with Gasteiger partial charge in [-0.1, -0.05) is 23.4 Å². The molecule has 2 heterocycles. The Hall–Kier alpha value is -0.890. The highest BCUT2D eigenvalue weighted by Crippen LogP contribution is 2.19. The van der Waals surface area contributed by atoms with Gasteiger partial charge in [-0.25, -0.2) is 9.97 Å². The Labute approximate surface area is 133 Å². The number of rotatable bonds is 4. The standard InChI is InChI=1S/C13H19ClN4O2S/c1-21-13-15-9-10(14)11(16-13)12(20)18-4-2-3-17(5-6-18)7-8-19/h9,19H,2-8H2,1H3. The monoisotopic (exact) mass is 330 g/mol. The van der Waals surface area contributed by atoms with Crippen LogP contribution in [0.5, 0.6) is 0 Å². The smallest absolute Gasteiger partial charge is 0.274 e. The Morgan fingerprint density at radius 1 is 1.43 bits per heavy atom. The van der Waals surface area contributed by atoms with Crippen molar-refractivity contribution in [3.63, 3.8) is 0 Å². The molecule has 116 valence electrons. The molecular formula is C13H19ClN4O2S. The van der Waals surface area contributed by atoms with Crippen LogP contribution < -0.4 is 0 Å². The molecule has 1 N–H and O–H groups in total. The fourth-order valence-corrected chi connectivity index (χ4v) is 2.80. The number of nitrogens with zero attached hydrogens (tertiary/aromatic N) is 4. The van der Waals surface area contributed by atoms with E-state index in [4.69, 9.17) is 16.7 Å². The van der Waals surface area contributed by atoms with E-state index in [2.05, 4.69) is 14.9 Å². The van der Waals surface area contributed by atoms with Crippen LogP contribution in [-0.2, 0) is 0 Å². The highest BCUT2D eigenvalue weighted by Gasteiger charge is 2.23. The predicted molar refractivity (Wildman–Crippen MR) is 82.9 cm³/mol. The molecule has 6 nitrogen and oxygen atoms in total. The zero-order valence-electron chi connectivity index (χ0n) is 12.0. The minimum atomic E-state index is -0.149. The zero-order chi connectivity index (χ0) is 15.2. The maximum atomic E-state index is 12.6. The third-order valence-corrected chi connectivity index (χ3v) is 4.24. The highest BCUT2D eigenvalue weighted by molar-refractivity contribution is 7.98. The summed E-state index contributed by atoms with van der Waals surface area (Å²) in [6, 6.07) is 0. The van der Waals surface area contributed by atoms with E-state index in [-0.39, 0.29) is 23.2 Å². The van der Waals surface area contributed by atoms with Gasteiger partial charge in [0.15, 0.2) is 10.9 Å². The summed E-state index contributed by atoms with van der Waals surface area (Å²) in [5, 5.41) is 9.83. The molecule has 21 heavy (non-hydrogen) atoms.